The molecule has 1 fully saturated rings. The molecule has 1 aliphatic carbocycles. The van der Waals surface area contributed by atoms with Gasteiger partial charge in [-0.2, -0.15) is 0 Å². The Morgan fingerprint density at radius 2 is 2.05 bits per heavy atom. The fourth-order valence-corrected chi connectivity index (χ4v) is 3.27. The largest absolute Gasteiger partial charge is 0.350 e. The number of nitrogens with one attached hydrogen (secondary N) is 2. The van der Waals surface area contributed by atoms with Crippen molar-refractivity contribution in [2.24, 2.45) is 11.1 Å². The molecule has 2 rings (SSSR count). The molecule has 6 heteroatoms. The van der Waals surface area contributed by atoms with Crippen molar-refractivity contribution in [1.82, 2.24) is 10.3 Å². The number of hydrogen-bond donors (Lipinski definition) is 3. The number of amides is 1. The van der Waals surface area contributed by atoms with Crippen molar-refractivity contribution in [1.29, 1.82) is 0 Å². The topological polar surface area (TPSA) is 88.0 Å². The Labute approximate surface area is 116 Å². The number of carbonyl (C=O) groups is 1. The molecule has 0 aromatic carbocycles. The van der Waals surface area contributed by atoms with Gasteiger partial charge in [-0.3, -0.25) is 9.59 Å². The zero-order chi connectivity index (χ0) is 13.7. The second-order valence-corrected chi connectivity index (χ2v) is 6.10. The molecule has 0 radical (unpaired) electrons. The van der Waals surface area contributed by atoms with Gasteiger partial charge in [0.15, 0.2) is 0 Å². The van der Waals surface area contributed by atoms with Gasteiger partial charge in [-0.1, -0.05) is 37.0 Å². The van der Waals surface area contributed by atoms with Crippen LogP contribution in [-0.2, 0) is 11.3 Å². The van der Waals surface area contributed by atoms with E-state index in [9.17, 15) is 9.59 Å². The maximum Gasteiger partial charge on any atom is 0.304 e. The molecule has 0 bridgehead atoms. The van der Waals surface area contributed by atoms with E-state index in [1.807, 2.05) is 0 Å². The molecule has 1 amide bonds. The first-order chi connectivity index (χ1) is 9.16. The molecule has 0 unspecified atom stereocenters. The minimum absolute atomic E-state index is 0.0314. The van der Waals surface area contributed by atoms with Gasteiger partial charge in [0.25, 0.3) is 0 Å². The van der Waals surface area contributed by atoms with Crippen LogP contribution >= 0.6 is 11.3 Å². The van der Waals surface area contributed by atoms with E-state index < -0.39 is 5.41 Å². The molecular weight excluding hydrogens is 262 g/mol. The van der Waals surface area contributed by atoms with Gasteiger partial charge in [0, 0.05) is 17.6 Å². The summed E-state index contributed by atoms with van der Waals surface area (Å²) < 4.78 is 0. The number of rotatable bonds is 4. The number of nitrogens with two attached hydrogens (primary N) is 1. The van der Waals surface area contributed by atoms with Crippen LogP contribution in [0.4, 0.5) is 0 Å². The van der Waals surface area contributed by atoms with Crippen LogP contribution in [0.3, 0.4) is 0 Å². The Kier molecular flexibility index (Phi) is 4.76. The second kappa shape index (κ2) is 6.34. The molecule has 0 saturated heterocycles. The quantitative estimate of drug-likeness (QED) is 0.729. The van der Waals surface area contributed by atoms with Crippen molar-refractivity contribution in [2.45, 2.75) is 45.1 Å². The summed E-state index contributed by atoms with van der Waals surface area (Å²) in [6.45, 7) is 0.776. The second-order valence-electron chi connectivity index (χ2n) is 5.25. The normalized spacial score (nSPS) is 18.8. The molecule has 1 saturated carbocycles. The maximum absolute atomic E-state index is 12.4. The number of carbonyl (C=O) groups excluding carboxylic acids is 1. The van der Waals surface area contributed by atoms with Gasteiger partial charge in [-0.05, 0) is 12.8 Å². The third-order valence-electron chi connectivity index (χ3n) is 3.94. The summed E-state index contributed by atoms with van der Waals surface area (Å²) in [4.78, 5) is 26.0. The van der Waals surface area contributed by atoms with Crippen LogP contribution in [0.2, 0.25) is 0 Å². The van der Waals surface area contributed by atoms with E-state index in [0.29, 0.717) is 13.1 Å². The Bertz CT molecular complexity index is 472. The van der Waals surface area contributed by atoms with E-state index in [1.54, 1.807) is 5.38 Å². The lowest BCUT2D eigenvalue weighted by molar-refractivity contribution is -0.131. The predicted molar refractivity (Wildman–Crippen MR) is 76.0 cm³/mol. The van der Waals surface area contributed by atoms with Gasteiger partial charge < -0.3 is 16.0 Å². The highest BCUT2D eigenvalue weighted by atomic mass is 32.1. The van der Waals surface area contributed by atoms with Gasteiger partial charge in [0.1, 0.15) is 0 Å². The average Bonchev–Trinajstić information content (AvgIpc) is 2.69. The molecule has 106 valence electrons. The van der Waals surface area contributed by atoms with E-state index in [2.05, 4.69) is 10.3 Å². The van der Waals surface area contributed by atoms with E-state index >= 15 is 0 Å². The van der Waals surface area contributed by atoms with Crippen molar-refractivity contribution in [3.63, 3.8) is 0 Å². The van der Waals surface area contributed by atoms with Crippen LogP contribution in [0.1, 0.15) is 44.2 Å². The molecule has 1 aromatic heterocycles. The van der Waals surface area contributed by atoms with E-state index in [1.165, 1.54) is 12.8 Å². The summed E-state index contributed by atoms with van der Waals surface area (Å²) >= 11 is 1.11. The van der Waals surface area contributed by atoms with Crippen molar-refractivity contribution in [3.8, 4) is 0 Å². The summed E-state index contributed by atoms with van der Waals surface area (Å²) in [7, 11) is 0. The van der Waals surface area contributed by atoms with Crippen molar-refractivity contribution >= 4 is 17.2 Å². The third-order valence-corrected chi connectivity index (χ3v) is 4.66. The summed E-state index contributed by atoms with van der Waals surface area (Å²) in [6.07, 6.45) is 6.25. The number of H-pyrrole nitrogens is 1. The lowest BCUT2D eigenvalue weighted by Crippen LogP contribution is -2.45. The number of hydrogen-bond acceptors (Lipinski definition) is 4. The molecule has 1 aliphatic rings. The Morgan fingerprint density at radius 3 is 2.58 bits per heavy atom. The molecule has 5 nitrogen and oxygen atoms in total. The summed E-state index contributed by atoms with van der Waals surface area (Å²) in [5.74, 6) is 0.0314. The van der Waals surface area contributed by atoms with Crippen LogP contribution in [0.15, 0.2) is 10.2 Å². The van der Waals surface area contributed by atoms with Gasteiger partial charge in [0.05, 0.1) is 12.0 Å². The monoisotopic (exact) mass is 283 g/mol. The lowest BCUT2D eigenvalue weighted by Gasteiger charge is -2.29. The first-order valence-electron chi connectivity index (χ1n) is 6.81. The fraction of sp³-hybridized carbons (Fsp3) is 0.692. The number of thiazole rings is 1. The van der Waals surface area contributed by atoms with Gasteiger partial charge >= 0.3 is 4.87 Å². The zero-order valence-electron chi connectivity index (χ0n) is 11.0. The standard InChI is InChI=1S/C13H21N3O2S/c14-9-13(5-3-1-2-4-6-13)11(17)15-7-10-8-19-12(18)16-10/h8H,1-7,9,14H2,(H,15,17)(H,16,18). The van der Waals surface area contributed by atoms with E-state index in [0.717, 1.165) is 42.7 Å². The molecule has 0 aliphatic heterocycles. The Morgan fingerprint density at radius 1 is 1.37 bits per heavy atom. The molecule has 1 heterocycles. The first kappa shape index (κ1) is 14.3. The third kappa shape index (κ3) is 3.45. The average molecular weight is 283 g/mol. The van der Waals surface area contributed by atoms with Gasteiger partial charge in [-0.15, -0.1) is 0 Å². The number of aromatic nitrogens is 1. The van der Waals surface area contributed by atoms with Crippen LogP contribution in [-0.4, -0.2) is 17.4 Å². The smallest absolute Gasteiger partial charge is 0.304 e. The zero-order valence-corrected chi connectivity index (χ0v) is 11.9. The highest BCUT2D eigenvalue weighted by Gasteiger charge is 2.36. The van der Waals surface area contributed by atoms with Crippen LogP contribution < -0.4 is 15.9 Å². The molecule has 4 N–H and O–H groups in total. The van der Waals surface area contributed by atoms with Crippen molar-refractivity contribution < 1.29 is 4.79 Å². The van der Waals surface area contributed by atoms with Crippen LogP contribution in [0.25, 0.3) is 0 Å². The minimum Gasteiger partial charge on any atom is -0.350 e. The molecule has 0 spiro atoms. The van der Waals surface area contributed by atoms with E-state index in [-0.39, 0.29) is 10.8 Å². The summed E-state index contributed by atoms with van der Waals surface area (Å²) in [5.41, 5.74) is 6.21. The fourth-order valence-electron chi connectivity index (χ4n) is 2.69. The van der Waals surface area contributed by atoms with Gasteiger partial charge in [-0.25, -0.2) is 0 Å². The van der Waals surface area contributed by atoms with Crippen molar-refractivity contribution in [2.75, 3.05) is 6.54 Å². The van der Waals surface area contributed by atoms with Crippen molar-refractivity contribution in [3.05, 3.63) is 20.7 Å². The van der Waals surface area contributed by atoms with Crippen LogP contribution in [0, 0.1) is 5.41 Å². The lowest BCUT2D eigenvalue weighted by atomic mass is 9.79. The summed E-state index contributed by atoms with van der Waals surface area (Å²) in [5, 5.41) is 4.66. The highest BCUT2D eigenvalue weighted by Crippen LogP contribution is 2.34. The van der Waals surface area contributed by atoms with Crippen LogP contribution in [0.5, 0.6) is 0 Å². The van der Waals surface area contributed by atoms with Gasteiger partial charge in [0.2, 0.25) is 5.91 Å². The highest BCUT2D eigenvalue weighted by molar-refractivity contribution is 7.07. The molecule has 19 heavy (non-hydrogen) atoms. The Balaban J connectivity index is 1.97. The molecule has 0 atom stereocenters. The number of aromatic amines is 1. The van der Waals surface area contributed by atoms with E-state index in [4.69, 9.17) is 5.73 Å². The Hall–Kier alpha value is -1.14. The maximum atomic E-state index is 12.4. The first-order valence-corrected chi connectivity index (χ1v) is 7.69. The minimum atomic E-state index is -0.410. The molecule has 1 aromatic rings. The molecular formula is C13H21N3O2S. The SMILES string of the molecule is NCC1(C(=O)NCc2csc(=O)[nH]2)CCCCCC1. The summed E-state index contributed by atoms with van der Waals surface area (Å²) in [6, 6.07) is 0. The predicted octanol–water partition coefficient (Wildman–Crippen LogP) is 1.35.